The van der Waals surface area contributed by atoms with Crippen LogP contribution < -0.4 is 0 Å². The molecule has 1 aliphatic heterocycles. The van der Waals surface area contributed by atoms with Gasteiger partial charge in [-0.25, -0.2) is 4.68 Å². The number of fused-ring (bicyclic) bond motifs is 1. The minimum Gasteiger partial charge on any atom is -0.377 e. The molecule has 4 nitrogen and oxygen atoms in total. The molecule has 1 atom stereocenters. The summed E-state index contributed by atoms with van der Waals surface area (Å²) in [5.41, 5.74) is 5.32. The fourth-order valence-electron chi connectivity index (χ4n) is 3.88. The highest BCUT2D eigenvalue weighted by Gasteiger charge is 2.24. The molecule has 2 aromatic rings. The van der Waals surface area contributed by atoms with Crippen LogP contribution in [0.25, 0.3) is 5.69 Å². The van der Waals surface area contributed by atoms with Crippen LogP contribution in [0, 0.1) is 0 Å². The maximum atomic E-state index is 5.76. The summed E-state index contributed by atoms with van der Waals surface area (Å²) in [4.78, 5) is 2.37. The van der Waals surface area contributed by atoms with Crippen molar-refractivity contribution >= 4 is 0 Å². The number of benzene rings is 1. The molecule has 2 aliphatic rings. The maximum absolute atomic E-state index is 5.76. The Morgan fingerprint density at radius 1 is 1.22 bits per heavy atom. The molecule has 0 spiro atoms. The van der Waals surface area contributed by atoms with Crippen molar-refractivity contribution in [1.29, 1.82) is 0 Å². The molecule has 0 saturated carbocycles. The van der Waals surface area contributed by atoms with E-state index in [1.165, 1.54) is 48.3 Å². The Hall–Kier alpha value is -1.65. The third kappa shape index (κ3) is 3.06. The van der Waals surface area contributed by atoms with E-state index in [0.29, 0.717) is 6.10 Å². The minimum absolute atomic E-state index is 0.407. The smallest absolute Gasteiger partial charge is 0.0803 e. The largest absolute Gasteiger partial charge is 0.377 e. The first-order valence-electron chi connectivity index (χ1n) is 8.76. The van der Waals surface area contributed by atoms with Crippen LogP contribution in [0.4, 0.5) is 0 Å². The van der Waals surface area contributed by atoms with Crippen molar-refractivity contribution in [2.24, 2.45) is 0 Å². The maximum Gasteiger partial charge on any atom is 0.0803 e. The van der Waals surface area contributed by atoms with E-state index in [4.69, 9.17) is 9.84 Å². The second-order valence-corrected chi connectivity index (χ2v) is 6.80. The van der Waals surface area contributed by atoms with Crippen LogP contribution in [0.1, 0.15) is 36.2 Å². The molecule has 4 heteroatoms. The number of likely N-dealkylation sites (N-methyl/N-ethyl adjacent to an activating group) is 1. The van der Waals surface area contributed by atoms with Gasteiger partial charge >= 0.3 is 0 Å². The molecule has 4 rings (SSSR count). The Morgan fingerprint density at radius 2 is 2.09 bits per heavy atom. The highest BCUT2D eigenvalue weighted by molar-refractivity contribution is 5.39. The van der Waals surface area contributed by atoms with Gasteiger partial charge in [0.05, 0.1) is 17.5 Å². The first-order valence-corrected chi connectivity index (χ1v) is 8.76. The third-order valence-corrected chi connectivity index (χ3v) is 4.97. The molecule has 1 fully saturated rings. The van der Waals surface area contributed by atoms with Crippen molar-refractivity contribution in [3.63, 3.8) is 0 Å². The van der Waals surface area contributed by atoms with Gasteiger partial charge in [-0.15, -0.1) is 0 Å². The monoisotopic (exact) mass is 311 g/mol. The molecule has 0 N–H and O–H groups in total. The van der Waals surface area contributed by atoms with E-state index >= 15 is 0 Å². The zero-order chi connectivity index (χ0) is 15.6. The van der Waals surface area contributed by atoms with Gasteiger partial charge in [0.1, 0.15) is 0 Å². The van der Waals surface area contributed by atoms with E-state index < -0.39 is 0 Å². The number of ether oxygens (including phenoxy) is 1. The van der Waals surface area contributed by atoms with Crippen LogP contribution in [0.3, 0.4) is 0 Å². The van der Waals surface area contributed by atoms with E-state index in [-0.39, 0.29) is 0 Å². The Morgan fingerprint density at radius 3 is 2.87 bits per heavy atom. The van der Waals surface area contributed by atoms with Crippen LogP contribution in [-0.2, 0) is 24.1 Å². The van der Waals surface area contributed by atoms with Crippen molar-refractivity contribution in [3.8, 4) is 5.69 Å². The molecule has 1 saturated heterocycles. The molecule has 122 valence electrons. The minimum atomic E-state index is 0.407. The molecule has 0 bridgehead atoms. The summed E-state index contributed by atoms with van der Waals surface area (Å²) in [7, 11) is 2.19. The van der Waals surface area contributed by atoms with E-state index in [1.54, 1.807) is 0 Å². The average molecular weight is 311 g/mol. The number of hydrogen-bond donors (Lipinski definition) is 0. The van der Waals surface area contributed by atoms with E-state index in [2.05, 4.69) is 47.0 Å². The van der Waals surface area contributed by atoms with E-state index in [1.807, 2.05) is 0 Å². The summed E-state index contributed by atoms with van der Waals surface area (Å²) in [6.07, 6.45) is 6.38. The lowest BCUT2D eigenvalue weighted by molar-refractivity contribution is 0.0789. The van der Waals surface area contributed by atoms with Crippen LogP contribution in [-0.4, -0.2) is 41.0 Å². The SMILES string of the molecule is CN(Cc1nn(-c2ccccc2)c2c1CCC2)C[C@H]1CCCO1. The summed E-state index contributed by atoms with van der Waals surface area (Å²) < 4.78 is 7.93. The lowest BCUT2D eigenvalue weighted by Gasteiger charge is -2.19. The number of rotatable bonds is 5. The second-order valence-electron chi connectivity index (χ2n) is 6.80. The second kappa shape index (κ2) is 6.46. The fraction of sp³-hybridized carbons (Fsp3) is 0.526. The first kappa shape index (κ1) is 14.9. The Bertz CT molecular complexity index is 659. The molecule has 23 heavy (non-hydrogen) atoms. The zero-order valence-electron chi connectivity index (χ0n) is 13.9. The topological polar surface area (TPSA) is 30.3 Å². The Labute approximate surface area is 138 Å². The molecule has 0 amide bonds. The Kier molecular flexibility index (Phi) is 4.19. The van der Waals surface area contributed by atoms with Crippen molar-refractivity contribution in [3.05, 3.63) is 47.3 Å². The summed E-state index contributed by atoms with van der Waals surface area (Å²) in [5.74, 6) is 0. The quantitative estimate of drug-likeness (QED) is 0.850. The molecule has 1 aliphatic carbocycles. The van der Waals surface area contributed by atoms with Gasteiger partial charge in [0.2, 0.25) is 0 Å². The fourth-order valence-corrected chi connectivity index (χ4v) is 3.88. The van der Waals surface area contributed by atoms with Gasteiger partial charge in [0.25, 0.3) is 0 Å². The van der Waals surface area contributed by atoms with Gasteiger partial charge in [-0.2, -0.15) is 5.10 Å². The molecular formula is C19H25N3O. The standard InChI is InChI=1S/C19H25N3O/c1-21(13-16-9-6-12-23-16)14-18-17-10-5-11-19(17)22(20-18)15-7-3-2-4-8-15/h2-4,7-8,16H,5-6,9-14H2,1H3/t16-/m1/s1. The van der Waals surface area contributed by atoms with Crippen LogP contribution >= 0.6 is 0 Å². The van der Waals surface area contributed by atoms with Gasteiger partial charge in [0, 0.05) is 25.4 Å². The lowest BCUT2D eigenvalue weighted by atomic mass is 10.2. The van der Waals surface area contributed by atoms with Gasteiger partial charge in [-0.1, -0.05) is 18.2 Å². The number of hydrogen-bond acceptors (Lipinski definition) is 3. The summed E-state index contributed by atoms with van der Waals surface area (Å²) in [6, 6.07) is 10.5. The first-order chi connectivity index (χ1) is 11.3. The van der Waals surface area contributed by atoms with Crippen LogP contribution in [0.5, 0.6) is 0 Å². The predicted octanol–water partition coefficient (Wildman–Crippen LogP) is 2.97. The van der Waals surface area contributed by atoms with Crippen molar-refractivity contribution in [2.45, 2.75) is 44.8 Å². The highest BCUT2D eigenvalue weighted by Crippen LogP contribution is 2.28. The van der Waals surface area contributed by atoms with Gasteiger partial charge in [-0.05, 0) is 56.8 Å². The average Bonchev–Trinajstić information content (AvgIpc) is 3.27. The number of aromatic nitrogens is 2. The number of nitrogens with zero attached hydrogens (tertiary/aromatic N) is 3. The van der Waals surface area contributed by atoms with E-state index in [9.17, 15) is 0 Å². The lowest BCUT2D eigenvalue weighted by Crippen LogP contribution is -2.28. The molecule has 1 aromatic heterocycles. The molecule has 0 unspecified atom stereocenters. The van der Waals surface area contributed by atoms with Crippen molar-refractivity contribution in [2.75, 3.05) is 20.2 Å². The third-order valence-electron chi connectivity index (χ3n) is 4.97. The molecule has 1 aromatic carbocycles. The Balaban J connectivity index is 1.55. The van der Waals surface area contributed by atoms with Crippen LogP contribution in [0.15, 0.2) is 30.3 Å². The summed E-state index contributed by atoms with van der Waals surface area (Å²) in [5, 5.41) is 4.95. The van der Waals surface area contributed by atoms with E-state index in [0.717, 1.165) is 26.1 Å². The van der Waals surface area contributed by atoms with Crippen molar-refractivity contribution in [1.82, 2.24) is 14.7 Å². The molecule has 2 heterocycles. The predicted molar refractivity (Wildman–Crippen MR) is 90.9 cm³/mol. The van der Waals surface area contributed by atoms with Crippen LogP contribution in [0.2, 0.25) is 0 Å². The summed E-state index contributed by atoms with van der Waals surface area (Å²) >= 11 is 0. The highest BCUT2D eigenvalue weighted by atomic mass is 16.5. The zero-order valence-corrected chi connectivity index (χ0v) is 13.9. The summed E-state index contributed by atoms with van der Waals surface area (Å²) in [6.45, 7) is 2.85. The normalized spacial score (nSPS) is 20.3. The van der Waals surface area contributed by atoms with Gasteiger partial charge in [0.15, 0.2) is 0 Å². The van der Waals surface area contributed by atoms with Gasteiger partial charge < -0.3 is 4.74 Å². The van der Waals surface area contributed by atoms with Crippen molar-refractivity contribution < 1.29 is 4.74 Å². The van der Waals surface area contributed by atoms with Gasteiger partial charge in [-0.3, -0.25) is 4.90 Å². The molecular weight excluding hydrogens is 286 g/mol. The number of para-hydroxylation sites is 1. The molecule has 0 radical (unpaired) electrons.